The van der Waals surface area contributed by atoms with E-state index in [1.54, 1.807) is 0 Å². The van der Waals surface area contributed by atoms with Crippen molar-refractivity contribution in [3.05, 3.63) is 35.8 Å². The highest BCUT2D eigenvalue weighted by Gasteiger charge is 2.10. The van der Waals surface area contributed by atoms with Crippen molar-refractivity contribution in [2.45, 2.75) is 12.5 Å². The van der Waals surface area contributed by atoms with Gasteiger partial charge in [-0.3, -0.25) is 4.79 Å². The Labute approximate surface area is 90.0 Å². The van der Waals surface area contributed by atoms with Crippen LogP contribution >= 0.6 is 12.4 Å². The third-order valence-corrected chi connectivity index (χ3v) is 1.29. The molecule has 0 aliphatic carbocycles. The van der Waals surface area contributed by atoms with Crippen molar-refractivity contribution in [1.82, 2.24) is 0 Å². The molecule has 72 valence electrons. The number of carboxylic acids is 1. The zero-order valence-electron chi connectivity index (χ0n) is 11.6. The molecule has 0 bridgehead atoms. The summed E-state index contributed by atoms with van der Waals surface area (Å²) in [5.74, 6) is -1.28. The van der Waals surface area contributed by atoms with Crippen LogP contribution in [0.4, 0.5) is 0 Å². The molecule has 3 nitrogen and oxygen atoms in total. The lowest BCUT2D eigenvalue weighted by atomic mass is 10.1. The molecule has 0 radical (unpaired) electrons. The Morgan fingerprint density at radius 1 is 1.54 bits per heavy atom. The summed E-state index contributed by atoms with van der Waals surface area (Å²) in [6.45, 7) is 0. The van der Waals surface area contributed by atoms with Crippen molar-refractivity contribution in [2.75, 3.05) is 0 Å². The van der Waals surface area contributed by atoms with Gasteiger partial charge in [0.05, 0.1) is 6.85 Å². The first-order valence-electron chi connectivity index (χ1n) is 5.81. The largest absolute Gasteiger partial charge is 0.480 e. The summed E-state index contributed by atoms with van der Waals surface area (Å²) in [5, 5.41) is 8.64. The average molecular weight is 207 g/mol. The highest BCUT2D eigenvalue weighted by Crippen LogP contribution is 2.01. The highest BCUT2D eigenvalue weighted by molar-refractivity contribution is 5.85. The topological polar surface area (TPSA) is 63.3 Å². The van der Waals surface area contributed by atoms with Crippen molar-refractivity contribution in [3.8, 4) is 0 Å². The number of rotatable bonds is 3. The van der Waals surface area contributed by atoms with Crippen molar-refractivity contribution >= 4 is 18.4 Å². The molecule has 0 saturated carbocycles. The lowest BCUT2D eigenvalue weighted by Crippen LogP contribution is -2.32. The highest BCUT2D eigenvalue weighted by atomic mass is 35.5. The number of carbonyl (C=O) groups is 1. The van der Waals surface area contributed by atoms with Gasteiger partial charge < -0.3 is 10.8 Å². The van der Waals surface area contributed by atoms with Gasteiger partial charge >= 0.3 is 5.97 Å². The van der Waals surface area contributed by atoms with Gasteiger partial charge in [0.15, 0.2) is 0 Å². The molecule has 0 fully saturated rings. The Bertz CT molecular complexity index is 454. The van der Waals surface area contributed by atoms with Crippen molar-refractivity contribution in [3.63, 3.8) is 0 Å². The molecule has 1 rings (SSSR count). The van der Waals surface area contributed by atoms with Crippen LogP contribution in [0.15, 0.2) is 30.2 Å². The van der Waals surface area contributed by atoms with Crippen molar-refractivity contribution in [1.29, 1.82) is 0 Å². The van der Waals surface area contributed by atoms with E-state index in [1.165, 1.54) is 0 Å². The van der Waals surface area contributed by atoms with Crippen molar-refractivity contribution < 1.29 is 16.8 Å². The Morgan fingerprint density at radius 3 is 2.54 bits per heavy atom. The molecular formula is C9H12ClNO2. The SMILES string of the molecule is Cl.[2H]c1c([2H])c([2H])c(CC(N)C(=O)O)c([2H])c1[2H]. The minimum absolute atomic E-state index is 0. The Hall–Kier alpha value is -1.06. The normalized spacial score (nSPS) is 16.8. The number of hydrogen-bond acceptors (Lipinski definition) is 2. The third-order valence-electron chi connectivity index (χ3n) is 1.29. The Balaban J connectivity index is 0.00000289. The van der Waals surface area contributed by atoms with Crippen LogP contribution in [0.1, 0.15) is 12.4 Å². The lowest BCUT2D eigenvalue weighted by Gasteiger charge is -2.04. The summed E-state index contributed by atoms with van der Waals surface area (Å²) in [5.41, 5.74) is 5.21. The molecular weight excluding hydrogens is 190 g/mol. The van der Waals surface area contributed by atoms with Gasteiger partial charge in [-0.1, -0.05) is 30.2 Å². The number of benzene rings is 1. The maximum absolute atomic E-state index is 10.6. The summed E-state index contributed by atoms with van der Waals surface area (Å²) < 4.78 is 37.2. The molecule has 1 atom stereocenters. The predicted molar refractivity (Wildman–Crippen MR) is 53.0 cm³/mol. The smallest absolute Gasteiger partial charge is 0.320 e. The third kappa shape index (κ3) is 3.92. The van der Waals surface area contributed by atoms with Gasteiger partial charge in [-0.2, -0.15) is 0 Å². The first-order chi connectivity index (χ1) is 7.77. The Morgan fingerprint density at radius 2 is 2.08 bits per heavy atom. The minimum Gasteiger partial charge on any atom is -0.480 e. The van der Waals surface area contributed by atoms with E-state index in [-0.39, 0.29) is 24.4 Å². The van der Waals surface area contributed by atoms with E-state index in [2.05, 4.69) is 0 Å². The van der Waals surface area contributed by atoms with Gasteiger partial charge in [0.25, 0.3) is 0 Å². The first-order valence-corrected chi connectivity index (χ1v) is 3.31. The van der Waals surface area contributed by atoms with Gasteiger partial charge in [-0.25, -0.2) is 0 Å². The monoisotopic (exact) mass is 206 g/mol. The van der Waals surface area contributed by atoms with Gasteiger partial charge in [0.1, 0.15) is 6.04 Å². The molecule has 3 N–H and O–H groups in total. The van der Waals surface area contributed by atoms with Gasteiger partial charge in [-0.05, 0) is 12.0 Å². The summed E-state index contributed by atoms with van der Waals surface area (Å²) >= 11 is 0. The average Bonchev–Trinajstić information content (AvgIpc) is 2.29. The number of halogens is 1. The van der Waals surface area contributed by atoms with E-state index in [0.717, 1.165) is 0 Å². The second kappa shape index (κ2) is 5.56. The fourth-order valence-corrected chi connectivity index (χ4v) is 0.685. The maximum atomic E-state index is 10.6. The molecule has 1 aromatic carbocycles. The molecule has 0 aromatic heterocycles. The van der Waals surface area contributed by atoms with Crippen molar-refractivity contribution in [2.24, 2.45) is 5.73 Å². The number of hydrogen-bond donors (Lipinski definition) is 2. The lowest BCUT2D eigenvalue weighted by molar-refractivity contribution is -0.138. The van der Waals surface area contributed by atoms with E-state index in [1.807, 2.05) is 0 Å². The second-order valence-electron chi connectivity index (χ2n) is 2.25. The number of carboxylic acid groups (broad SMARTS) is 1. The van der Waals surface area contributed by atoms with E-state index >= 15 is 0 Å². The first kappa shape index (κ1) is 5.62. The molecule has 1 unspecified atom stereocenters. The quantitative estimate of drug-likeness (QED) is 0.778. The maximum Gasteiger partial charge on any atom is 0.320 e. The van der Waals surface area contributed by atoms with E-state index in [0.29, 0.717) is 0 Å². The van der Waals surface area contributed by atoms with Crippen LogP contribution in [-0.4, -0.2) is 17.1 Å². The Kier molecular flexibility index (Phi) is 2.41. The van der Waals surface area contributed by atoms with E-state index < -0.39 is 42.2 Å². The number of aliphatic carboxylic acids is 1. The fourth-order valence-electron chi connectivity index (χ4n) is 0.685. The zero-order valence-corrected chi connectivity index (χ0v) is 7.44. The fraction of sp³-hybridized carbons (Fsp3) is 0.222. The molecule has 0 amide bonds. The second-order valence-corrected chi connectivity index (χ2v) is 2.25. The molecule has 0 spiro atoms. The standard InChI is InChI=1S/C9H11NO2.ClH/c10-8(9(11)12)6-7-4-2-1-3-5-7;/h1-5,8H,6,10H2,(H,11,12);1H/i1D,2D,3D,4D,5D;. The van der Waals surface area contributed by atoms with E-state index in [9.17, 15) is 4.79 Å². The van der Waals surface area contributed by atoms with Crippen LogP contribution in [0, 0.1) is 0 Å². The summed E-state index contributed by atoms with van der Waals surface area (Å²) in [4.78, 5) is 10.6. The summed E-state index contributed by atoms with van der Waals surface area (Å²) in [6.07, 6.45) is -0.301. The summed E-state index contributed by atoms with van der Waals surface area (Å²) in [7, 11) is 0. The molecule has 4 heteroatoms. The molecule has 0 heterocycles. The number of nitrogens with two attached hydrogens (primary N) is 1. The van der Waals surface area contributed by atoms with Crippen LogP contribution in [0.25, 0.3) is 0 Å². The summed E-state index contributed by atoms with van der Waals surface area (Å²) in [6, 6.07) is -3.59. The molecule has 0 saturated heterocycles. The molecule has 0 aliphatic rings. The molecule has 0 aliphatic heterocycles. The van der Waals surface area contributed by atoms with Crippen LogP contribution in [0.3, 0.4) is 0 Å². The van der Waals surface area contributed by atoms with E-state index in [4.69, 9.17) is 17.7 Å². The van der Waals surface area contributed by atoms with Gasteiger partial charge in [0.2, 0.25) is 0 Å². The van der Waals surface area contributed by atoms with Gasteiger partial charge in [-0.15, -0.1) is 12.4 Å². The predicted octanol–water partition coefficient (Wildman–Crippen LogP) is 1.06. The van der Waals surface area contributed by atoms with Crippen LogP contribution in [-0.2, 0) is 11.2 Å². The zero-order chi connectivity index (χ0) is 13.3. The minimum atomic E-state index is -1.29. The van der Waals surface area contributed by atoms with Gasteiger partial charge in [0, 0.05) is 0 Å². The molecule has 1 aromatic rings. The van der Waals surface area contributed by atoms with Crippen LogP contribution in [0.2, 0.25) is 0 Å². The van der Waals surface area contributed by atoms with Crippen LogP contribution in [0.5, 0.6) is 0 Å². The molecule has 13 heavy (non-hydrogen) atoms. The van der Waals surface area contributed by atoms with Crippen LogP contribution < -0.4 is 5.73 Å².